The van der Waals surface area contributed by atoms with Crippen LogP contribution in [0.2, 0.25) is 0 Å². The van der Waals surface area contributed by atoms with Crippen molar-refractivity contribution >= 4 is 0 Å². The van der Waals surface area contributed by atoms with Crippen molar-refractivity contribution in [3.8, 4) is 0 Å². The van der Waals surface area contributed by atoms with Gasteiger partial charge in [-0.05, 0) is 80.3 Å². The molecular formula is C18H39N3. The molecule has 1 aliphatic heterocycles. The Morgan fingerprint density at radius 3 is 2.00 bits per heavy atom. The molecule has 3 N–H and O–H groups in total. The second-order valence-electron chi connectivity index (χ2n) is 8.49. The number of hydrogen-bond donors (Lipinski definition) is 2. The van der Waals surface area contributed by atoms with E-state index in [0.717, 1.165) is 6.54 Å². The minimum Gasteiger partial charge on any atom is -0.330 e. The van der Waals surface area contributed by atoms with Crippen molar-refractivity contribution in [1.82, 2.24) is 10.2 Å². The molecule has 1 fully saturated rings. The molecule has 3 nitrogen and oxygen atoms in total. The first kappa shape index (κ1) is 18.9. The first-order valence-electron chi connectivity index (χ1n) is 8.92. The number of nitrogens with two attached hydrogens (primary N) is 1. The lowest BCUT2D eigenvalue weighted by atomic mass is 9.78. The Morgan fingerprint density at radius 2 is 1.52 bits per heavy atom. The highest BCUT2D eigenvalue weighted by Crippen LogP contribution is 2.32. The second kappa shape index (κ2) is 7.94. The van der Waals surface area contributed by atoms with Crippen molar-refractivity contribution < 1.29 is 0 Å². The number of piperidine rings is 1. The minimum atomic E-state index is 0.235. The van der Waals surface area contributed by atoms with Crippen LogP contribution in [0.4, 0.5) is 0 Å². The lowest BCUT2D eigenvalue weighted by Crippen LogP contribution is -2.63. The predicted molar refractivity (Wildman–Crippen MR) is 93.7 cm³/mol. The van der Waals surface area contributed by atoms with Gasteiger partial charge in [0.2, 0.25) is 0 Å². The molecule has 1 saturated heterocycles. The molecule has 0 atom stereocenters. The molecule has 0 bridgehead atoms. The van der Waals surface area contributed by atoms with Gasteiger partial charge < -0.3 is 11.1 Å². The minimum absolute atomic E-state index is 0.235. The molecule has 1 heterocycles. The molecule has 0 spiro atoms. The zero-order valence-corrected chi connectivity index (χ0v) is 15.3. The van der Waals surface area contributed by atoms with Gasteiger partial charge in [-0.15, -0.1) is 0 Å². The van der Waals surface area contributed by atoms with E-state index in [1.54, 1.807) is 0 Å². The monoisotopic (exact) mass is 297 g/mol. The van der Waals surface area contributed by atoms with Crippen LogP contribution >= 0.6 is 0 Å². The van der Waals surface area contributed by atoms with Crippen molar-refractivity contribution in [1.29, 1.82) is 0 Å². The summed E-state index contributed by atoms with van der Waals surface area (Å²) in [5, 5.41) is 3.80. The van der Waals surface area contributed by atoms with Crippen LogP contribution in [-0.4, -0.2) is 41.2 Å². The third kappa shape index (κ3) is 6.66. The van der Waals surface area contributed by atoms with Crippen molar-refractivity contribution in [3.05, 3.63) is 0 Å². The summed E-state index contributed by atoms with van der Waals surface area (Å²) in [4.78, 5) is 2.74. The van der Waals surface area contributed by atoms with E-state index in [1.165, 1.54) is 45.1 Å². The fraction of sp³-hybridized carbons (Fsp3) is 1.00. The number of nitrogens with zero attached hydrogens (tertiary/aromatic N) is 1. The molecule has 0 radical (unpaired) electrons. The molecular weight excluding hydrogens is 258 g/mol. The van der Waals surface area contributed by atoms with Crippen LogP contribution in [0, 0.1) is 0 Å². The van der Waals surface area contributed by atoms with Gasteiger partial charge in [-0.1, -0.05) is 12.8 Å². The SMILES string of the molecule is CC(C)N(CCCCCCN)C1CC(C)(C)NC(C)(C)C1. The predicted octanol–water partition coefficient (Wildman–Crippen LogP) is 3.53. The third-order valence-electron chi connectivity index (χ3n) is 4.67. The van der Waals surface area contributed by atoms with E-state index in [-0.39, 0.29) is 11.1 Å². The quantitative estimate of drug-likeness (QED) is 0.674. The summed E-state index contributed by atoms with van der Waals surface area (Å²) in [5.74, 6) is 0. The highest BCUT2D eigenvalue weighted by atomic mass is 15.2. The van der Waals surface area contributed by atoms with Gasteiger partial charge in [0.15, 0.2) is 0 Å². The molecule has 1 aliphatic rings. The maximum absolute atomic E-state index is 5.58. The fourth-order valence-corrected chi connectivity index (χ4v) is 4.16. The van der Waals surface area contributed by atoms with Gasteiger partial charge in [0, 0.05) is 23.2 Å². The van der Waals surface area contributed by atoms with Crippen LogP contribution in [-0.2, 0) is 0 Å². The highest BCUT2D eigenvalue weighted by Gasteiger charge is 2.40. The summed E-state index contributed by atoms with van der Waals surface area (Å²) >= 11 is 0. The van der Waals surface area contributed by atoms with Gasteiger partial charge in [-0.25, -0.2) is 0 Å². The van der Waals surface area contributed by atoms with E-state index in [2.05, 4.69) is 51.8 Å². The zero-order valence-electron chi connectivity index (χ0n) is 15.3. The van der Waals surface area contributed by atoms with Crippen LogP contribution in [0.25, 0.3) is 0 Å². The van der Waals surface area contributed by atoms with Crippen LogP contribution in [0.1, 0.15) is 80.1 Å². The summed E-state index contributed by atoms with van der Waals surface area (Å²) in [5.41, 5.74) is 6.05. The molecule has 0 aromatic rings. The maximum Gasteiger partial charge on any atom is 0.0145 e. The van der Waals surface area contributed by atoms with E-state index in [9.17, 15) is 0 Å². The van der Waals surface area contributed by atoms with E-state index in [1.807, 2.05) is 0 Å². The lowest BCUT2D eigenvalue weighted by Gasteiger charge is -2.50. The number of hydrogen-bond acceptors (Lipinski definition) is 3. The van der Waals surface area contributed by atoms with Gasteiger partial charge in [-0.3, -0.25) is 4.90 Å². The van der Waals surface area contributed by atoms with Crippen molar-refractivity contribution in [2.75, 3.05) is 13.1 Å². The van der Waals surface area contributed by atoms with Gasteiger partial charge in [-0.2, -0.15) is 0 Å². The van der Waals surface area contributed by atoms with E-state index < -0.39 is 0 Å². The van der Waals surface area contributed by atoms with Crippen LogP contribution in [0.5, 0.6) is 0 Å². The summed E-state index contributed by atoms with van der Waals surface area (Å²) in [6.45, 7) is 16.2. The smallest absolute Gasteiger partial charge is 0.0145 e. The van der Waals surface area contributed by atoms with Gasteiger partial charge in [0.25, 0.3) is 0 Å². The normalized spacial score (nSPS) is 22.1. The molecule has 0 aliphatic carbocycles. The Balaban J connectivity index is 2.58. The second-order valence-corrected chi connectivity index (χ2v) is 8.49. The first-order chi connectivity index (χ1) is 9.67. The maximum atomic E-state index is 5.58. The summed E-state index contributed by atoms with van der Waals surface area (Å²) < 4.78 is 0. The average Bonchev–Trinajstić information content (AvgIpc) is 2.29. The standard InChI is InChI=1S/C18H39N3/c1-15(2)21(12-10-8-7-9-11-19)16-13-17(3,4)20-18(5,6)14-16/h15-16,20H,7-14,19H2,1-6H3. The third-order valence-corrected chi connectivity index (χ3v) is 4.67. The zero-order chi connectivity index (χ0) is 16.1. The molecule has 21 heavy (non-hydrogen) atoms. The summed E-state index contributed by atoms with van der Waals surface area (Å²) in [6.07, 6.45) is 7.58. The Morgan fingerprint density at radius 1 is 1.00 bits per heavy atom. The Hall–Kier alpha value is -0.120. The molecule has 0 saturated carbocycles. The number of unbranched alkanes of at least 4 members (excludes halogenated alkanes) is 3. The van der Waals surface area contributed by atoms with Crippen LogP contribution in [0.3, 0.4) is 0 Å². The lowest BCUT2D eigenvalue weighted by molar-refractivity contribution is 0.0466. The van der Waals surface area contributed by atoms with Crippen molar-refractivity contribution in [2.24, 2.45) is 5.73 Å². The van der Waals surface area contributed by atoms with E-state index in [0.29, 0.717) is 12.1 Å². The van der Waals surface area contributed by atoms with Crippen molar-refractivity contribution in [2.45, 2.75) is 103 Å². The first-order valence-corrected chi connectivity index (χ1v) is 8.92. The Kier molecular flexibility index (Phi) is 7.15. The Labute approximate surface area is 133 Å². The average molecular weight is 298 g/mol. The molecule has 0 aromatic heterocycles. The van der Waals surface area contributed by atoms with E-state index >= 15 is 0 Å². The topological polar surface area (TPSA) is 41.3 Å². The molecule has 3 heteroatoms. The molecule has 0 amide bonds. The highest BCUT2D eigenvalue weighted by molar-refractivity contribution is 5.00. The van der Waals surface area contributed by atoms with Crippen LogP contribution in [0.15, 0.2) is 0 Å². The Bertz CT molecular complexity index is 281. The molecule has 0 unspecified atom stereocenters. The fourth-order valence-electron chi connectivity index (χ4n) is 4.16. The van der Waals surface area contributed by atoms with Gasteiger partial charge in [0.1, 0.15) is 0 Å². The van der Waals surface area contributed by atoms with E-state index in [4.69, 9.17) is 5.73 Å². The number of rotatable bonds is 8. The molecule has 0 aromatic carbocycles. The van der Waals surface area contributed by atoms with Gasteiger partial charge in [0.05, 0.1) is 0 Å². The van der Waals surface area contributed by atoms with Crippen LogP contribution < -0.4 is 11.1 Å². The largest absolute Gasteiger partial charge is 0.330 e. The molecule has 126 valence electrons. The summed E-state index contributed by atoms with van der Waals surface area (Å²) in [7, 11) is 0. The molecule has 1 rings (SSSR count). The van der Waals surface area contributed by atoms with Crippen molar-refractivity contribution in [3.63, 3.8) is 0 Å². The number of nitrogens with one attached hydrogen (secondary N) is 1. The van der Waals surface area contributed by atoms with Gasteiger partial charge >= 0.3 is 0 Å². The summed E-state index contributed by atoms with van der Waals surface area (Å²) in [6, 6.07) is 1.33.